The minimum Gasteiger partial charge on any atom is -0.326 e. The van der Waals surface area contributed by atoms with Crippen molar-refractivity contribution in [3.8, 4) is 0 Å². The summed E-state index contributed by atoms with van der Waals surface area (Å²) in [4.78, 5) is 1.48. The number of rotatable bonds is 3. The molecule has 1 rings (SSSR count). The lowest BCUT2D eigenvalue weighted by atomic mass is 10.0. The Morgan fingerprint density at radius 2 is 1.81 bits per heavy atom. The quantitative estimate of drug-likeness (QED) is 0.765. The number of likely N-dealkylation sites (N-methyl/N-ethyl adjacent to an activating group) is 1. The minimum atomic E-state index is -4.12. The second-order valence-electron chi connectivity index (χ2n) is 4.55. The van der Waals surface area contributed by atoms with E-state index in [0.29, 0.717) is 6.54 Å². The fourth-order valence-electron chi connectivity index (χ4n) is 2.46. The molecule has 0 bridgehead atoms. The molecule has 0 aromatic carbocycles. The minimum absolute atomic E-state index is 0.103. The molecule has 1 saturated carbocycles. The molecule has 0 saturated heterocycles. The smallest absolute Gasteiger partial charge is 0.326 e. The molecule has 1 aliphatic carbocycles. The van der Waals surface area contributed by atoms with Crippen molar-refractivity contribution >= 4 is 0 Å². The molecule has 1 aliphatic rings. The lowest BCUT2D eigenvalue weighted by Gasteiger charge is -2.34. The first-order chi connectivity index (χ1) is 7.44. The van der Waals surface area contributed by atoms with Gasteiger partial charge in [0.25, 0.3) is 0 Å². The van der Waals surface area contributed by atoms with Crippen molar-refractivity contribution in [3.05, 3.63) is 0 Å². The normalized spacial score (nSPS) is 28.1. The van der Waals surface area contributed by atoms with Gasteiger partial charge >= 0.3 is 6.18 Å². The summed E-state index contributed by atoms with van der Waals surface area (Å²) in [7, 11) is 0. The number of alkyl halides is 3. The third-order valence-corrected chi connectivity index (χ3v) is 3.29. The summed E-state index contributed by atoms with van der Waals surface area (Å²) < 4.78 is 37.2. The highest BCUT2D eigenvalue weighted by Gasteiger charge is 2.35. The van der Waals surface area contributed by atoms with E-state index in [-0.39, 0.29) is 12.1 Å². The molecular weight excluding hydrogens is 217 g/mol. The van der Waals surface area contributed by atoms with E-state index in [1.165, 1.54) is 4.90 Å². The topological polar surface area (TPSA) is 29.3 Å². The van der Waals surface area contributed by atoms with Crippen LogP contribution in [0.3, 0.4) is 0 Å². The molecule has 2 N–H and O–H groups in total. The van der Waals surface area contributed by atoms with Crippen LogP contribution in [0.5, 0.6) is 0 Å². The van der Waals surface area contributed by atoms with Gasteiger partial charge in [-0.25, -0.2) is 0 Å². The van der Waals surface area contributed by atoms with E-state index in [0.717, 1.165) is 32.1 Å². The second kappa shape index (κ2) is 5.87. The fraction of sp³-hybridized carbons (Fsp3) is 1.00. The van der Waals surface area contributed by atoms with E-state index in [1.54, 1.807) is 6.92 Å². The summed E-state index contributed by atoms with van der Waals surface area (Å²) in [6.45, 7) is 1.35. The van der Waals surface area contributed by atoms with Crippen molar-refractivity contribution in [1.29, 1.82) is 0 Å². The molecule has 2 unspecified atom stereocenters. The third kappa shape index (κ3) is 4.29. The van der Waals surface area contributed by atoms with Crippen LogP contribution in [0.4, 0.5) is 13.2 Å². The number of nitrogens with zero attached hydrogens (tertiary/aromatic N) is 1. The first kappa shape index (κ1) is 13.8. The van der Waals surface area contributed by atoms with E-state index in [1.807, 2.05) is 0 Å². The molecule has 0 radical (unpaired) electrons. The van der Waals surface area contributed by atoms with E-state index >= 15 is 0 Å². The third-order valence-electron chi connectivity index (χ3n) is 3.29. The van der Waals surface area contributed by atoms with Gasteiger partial charge in [0.05, 0.1) is 6.54 Å². The Hall–Kier alpha value is -0.290. The van der Waals surface area contributed by atoms with Gasteiger partial charge in [0.2, 0.25) is 0 Å². The van der Waals surface area contributed by atoms with Crippen molar-refractivity contribution in [3.63, 3.8) is 0 Å². The molecule has 0 spiro atoms. The molecule has 0 heterocycles. The monoisotopic (exact) mass is 238 g/mol. The SMILES string of the molecule is CCN(CC(F)(F)F)C1CCCCCC1N. The van der Waals surface area contributed by atoms with Gasteiger partial charge in [0.1, 0.15) is 0 Å². The Labute approximate surface area is 95.0 Å². The van der Waals surface area contributed by atoms with Crippen molar-refractivity contribution < 1.29 is 13.2 Å². The summed E-state index contributed by atoms with van der Waals surface area (Å²) in [5.41, 5.74) is 5.97. The summed E-state index contributed by atoms with van der Waals surface area (Å²) in [5, 5.41) is 0. The van der Waals surface area contributed by atoms with Gasteiger partial charge in [-0.05, 0) is 19.4 Å². The van der Waals surface area contributed by atoms with Gasteiger partial charge in [-0.3, -0.25) is 4.90 Å². The molecule has 16 heavy (non-hydrogen) atoms. The zero-order chi connectivity index (χ0) is 12.2. The van der Waals surface area contributed by atoms with Crippen LogP contribution >= 0.6 is 0 Å². The van der Waals surface area contributed by atoms with Gasteiger partial charge in [-0.15, -0.1) is 0 Å². The van der Waals surface area contributed by atoms with Crippen LogP contribution in [0.2, 0.25) is 0 Å². The van der Waals surface area contributed by atoms with Gasteiger partial charge in [0, 0.05) is 12.1 Å². The Morgan fingerprint density at radius 3 is 2.38 bits per heavy atom. The molecule has 0 aromatic rings. The highest BCUT2D eigenvalue weighted by Crippen LogP contribution is 2.24. The van der Waals surface area contributed by atoms with Crippen LogP contribution < -0.4 is 5.73 Å². The maximum Gasteiger partial charge on any atom is 0.401 e. The van der Waals surface area contributed by atoms with E-state index < -0.39 is 12.7 Å². The first-order valence-electron chi connectivity index (χ1n) is 6.00. The maximum absolute atomic E-state index is 12.4. The second-order valence-corrected chi connectivity index (χ2v) is 4.55. The van der Waals surface area contributed by atoms with Crippen molar-refractivity contribution in [2.75, 3.05) is 13.1 Å². The zero-order valence-corrected chi connectivity index (χ0v) is 9.76. The summed E-state index contributed by atoms with van der Waals surface area (Å²) in [6.07, 6.45) is 0.647. The van der Waals surface area contributed by atoms with Crippen LogP contribution in [0, 0.1) is 0 Å². The predicted octanol–water partition coefficient (Wildman–Crippen LogP) is 2.53. The summed E-state index contributed by atoms with van der Waals surface area (Å²) >= 11 is 0. The largest absolute Gasteiger partial charge is 0.401 e. The lowest BCUT2D eigenvalue weighted by molar-refractivity contribution is -0.151. The van der Waals surface area contributed by atoms with Crippen LogP contribution in [0.1, 0.15) is 39.0 Å². The Balaban J connectivity index is 2.62. The van der Waals surface area contributed by atoms with Gasteiger partial charge in [-0.2, -0.15) is 13.2 Å². The van der Waals surface area contributed by atoms with E-state index in [2.05, 4.69) is 0 Å². The fourth-order valence-corrected chi connectivity index (χ4v) is 2.46. The molecule has 2 nitrogen and oxygen atoms in total. The summed E-state index contributed by atoms with van der Waals surface area (Å²) in [5.74, 6) is 0. The predicted molar refractivity (Wildman–Crippen MR) is 58.2 cm³/mol. The van der Waals surface area contributed by atoms with Crippen LogP contribution in [-0.2, 0) is 0 Å². The molecular formula is C11H21F3N2. The van der Waals surface area contributed by atoms with Crippen molar-refractivity contribution in [2.45, 2.75) is 57.3 Å². The van der Waals surface area contributed by atoms with Gasteiger partial charge in [0.15, 0.2) is 0 Å². The molecule has 1 fully saturated rings. The highest BCUT2D eigenvalue weighted by atomic mass is 19.4. The standard InChI is InChI=1S/C11H21F3N2/c1-2-16(8-11(12,13)14)10-7-5-3-4-6-9(10)15/h9-10H,2-8,15H2,1H3. The molecule has 96 valence electrons. The number of hydrogen-bond donors (Lipinski definition) is 1. The Morgan fingerprint density at radius 1 is 1.19 bits per heavy atom. The van der Waals surface area contributed by atoms with Crippen molar-refractivity contribution in [1.82, 2.24) is 4.90 Å². The average molecular weight is 238 g/mol. The Kier molecular flexibility index (Phi) is 5.05. The van der Waals surface area contributed by atoms with Gasteiger partial charge < -0.3 is 5.73 Å². The van der Waals surface area contributed by atoms with Crippen LogP contribution in [-0.4, -0.2) is 36.2 Å². The van der Waals surface area contributed by atoms with E-state index in [4.69, 9.17) is 5.73 Å². The lowest BCUT2D eigenvalue weighted by Crippen LogP contribution is -2.50. The highest BCUT2D eigenvalue weighted by molar-refractivity contribution is 4.85. The van der Waals surface area contributed by atoms with Crippen LogP contribution in [0.25, 0.3) is 0 Å². The van der Waals surface area contributed by atoms with Gasteiger partial charge in [-0.1, -0.05) is 26.2 Å². The number of halogens is 3. The molecule has 0 aliphatic heterocycles. The molecule has 0 aromatic heterocycles. The Bertz CT molecular complexity index is 206. The summed E-state index contributed by atoms with van der Waals surface area (Å²) in [6, 6.07) is -0.209. The molecule has 0 amide bonds. The number of hydrogen-bond acceptors (Lipinski definition) is 2. The zero-order valence-electron chi connectivity index (χ0n) is 9.76. The molecule has 5 heteroatoms. The van der Waals surface area contributed by atoms with E-state index in [9.17, 15) is 13.2 Å². The maximum atomic E-state index is 12.4. The average Bonchev–Trinajstić information content (AvgIpc) is 2.38. The first-order valence-corrected chi connectivity index (χ1v) is 6.00. The van der Waals surface area contributed by atoms with Crippen LogP contribution in [0.15, 0.2) is 0 Å². The van der Waals surface area contributed by atoms with Crippen molar-refractivity contribution in [2.24, 2.45) is 5.73 Å². The number of nitrogens with two attached hydrogens (primary N) is 1. The molecule has 2 atom stereocenters.